The topological polar surface area (TPSA) is 54.3 Å². The van der Waals surface area contributed by atoms with Gasteiger partial charge in [-0.3, -0.25) is 9.69 Å². The van der Waals surface area contributed by atoms with E-state index in [2.05, 4.69) is 5.32 Å². The molecule has 1 aromatic heterocycles. The van der Waals surface area contributed by atoms with Crippen molar-refractivity contribution in [1.29, 1.82) is 0 Å². The van der Waals surface area contributed by atoms with Crippen LogP contribution in [0, 0.1) is 5.82 Å². The van der Waals surface area contributed by atoms with E-state index in [0.29, 0.717) is 11.4 Å². The van der Waals surface area contributed by atoms with Crippen molar-refractivity contribution in [2.75, 3.05) is 0 Å². The molecule has 6 heteroatoms. The van der Waals surface area contributed by atoms with Gasteiger partial charge in [-0.05, 0) is 35.9 Å². The molecule has 0 saturated carbocycles. The number of aromatic nitrogens is 1. The number of carbonyl (C=O) groups excluding carboxylic acids is 2. The molecular formula is C21H16FN3O2. The number of rotatable bonds is 4. The van der Waals surface area contributed by atoms with Gasteiger partial charge in [-0.1, -0.05) is 42.5 Å². The number of amides is 3. The van der Waals surface area contributed by atoms with Gasteiger partial charge in [0, 0.05) is 11.9 Å². The van der Waals surface area contributed by atoms with Crippen molar-refractivity contribution in [3.8, 4) is 5.69 Å². The molecular weight excluding hydrogens is 345 g/mol. The Labute approximate surface area is 155 Å². The number of nitrogens with one attached hydrogen (secondary N) is 1. The summed E-state index contributed by atoms with van der Waals surface area (Å²) in [5.41, 5.74) is 1.97. The number of hydrogen-bond acceptors (Lipinski definition) is 2. The number of imide groups is 1. The van der Waals surface area contributed by atoms with Crippen molar-refractivity contribution >= 4 is 18.0 Å². The van der Waals surface area contributed by atoms with Gasteiger partial charge < -0.3 is 9.88 Å². The van der Waals surface area contributed by atoms with E-state index in [0.717, 1.165) is 10.5 Å². The summed E-state index contributed by atoms with van der Waals surface area (Å²) < 4.78 is 15.7. The lowest BCUT2D eigenvalue weighted by Gasteiger charge is -2.11. The Morgan fingerprint density at radius 2 is 1.67 bits per heavy atom. The van der Waals surface area contributed by atoms with Crippen LogP contribution in [0.5, 0.6) is 0 Å². The van der Waals surface area contributed by atoms with Crippen molar-refractivity contribution in [3.05, 3.63) is 95.7 Å². The van der Waals surface area contributed by atoms with E-state index in [1.165, 1.54) is 6.07 Å². The molecule has 2 heterocycles. The highest BCUT2D eigenvalue weighted by Crippen LogP contribution is 2.21. The fourth-order valence-electron chi connectivity index (χ4n) is 3.01. The van der Waals surface area contributed by atoms with Crippen molar-refractivity contribution in [2.45, 2.75) is 6.54 Å². The number of benzene rings is 2. The molecule has 2 aromatic carbocycles. The zero-order chi connectivity index (χ0) is 18.8. The summed E-state index contributed by atoms with van der Waals surface area (Å²) in [6, 6.07) is 18.7. The maximum atomic E-state index is 14.1. The predicted octanol–water partition coefficient (Wildman–Crippen LogP) is 3.71. The first kappa shape index (κ1) is 16.8. The van der Waals surface area contributed by atoms with Gasteiger partial charge in [-0.15, -0.1) is 0 Å². The van der Waals surface area contributed by atoms with Crippen molar-refractivity contribution < 1.29 is 14.0 Å². The van der Waals surface area contributed by atoms with Crippen LogP contribution in [0.15, 0.2) is 78.6 Å². The Balaban J connectivity index is 1.63. The van der Waals surface area contributed by atoms with E-state index in [1.807, 2.05) is 30.3 Å². The number of halogens is 1. The summed E-state index contributed by atoms with van der Waals surface area (Å²) in [6.07, 6.45) is 3.26. The van der Waals surface area contributed by atoms with Crippen molar-refractivity contribution in [2.24, 2.45) is 0 Å². The molecule has 3 aromatic rings. The minimum Gasteiger partial charge on any atom is -0.314 e. The maximum Gasteiger partial charge on any atom is 0.329 e. The molecule has 1 aliphatic heterocycles. The zero-order valence-electron chi connectivity index (χ0n) is 14.3. The monoisotopic (exact) mass is 361 g/mol. The van der Waals surface area contributed by atoms with E-state index in [4.69, 9.17) is 0 Å². The quantitative estimate of drug-likeness (QED) is 0.569. The summed E-state index contributed by atoms with van der Waals surface area (Å²) in [7, 11) is 0. The molecule has 0 spiro atoms. The fraction of sp³-hybridized carbons (Fsp3) is 0.0476. The van der Waals surface area contributed by atoms with Gasteiger partial charge in [-0.25, -0.2) is 9.18 Å². The third-order valence-electron chi connectivity index (χ3n) is 4.33. The second-order valence-electron chi connectivity index (χ2n) is 6.12. The average molecular weight is 361 g/mol. The van der Waals surface area contributed by atoms with Crippen LogP contribution in [0.3, 0.4) is 0 Å². The molecule has 0 aliphatic carbocycles. The van der Waals surface area contributed by atoms with Gasteiger partial charge in [0.1, 0.15) is 11.5 Å². The standard InChI is InChI=1S/C21H16FN3O2/c22-17-10-4-5-11-19(17)24-12-6-9-16(24)13-18-20(26)25(21(27)23-18)14-15-7-2-1-3-8-15/h1-13H,14H2,(H,23,27)/b18-13+. The van der Waals surface area contributed by atoms with Gasteiger partial charge in [0.2, 0.25) is 0 Å². The number of urea groups is 1. The summed E-state index contributed by atoms with van der Waals surface area (Å²) in [6.45, 7) is 0.192. The minimum absolute atomic E-state index is 0.159. The lowest BCUT2D eigenvalue weighted by molar-refractivity contribution is -0.123. The lowest BCUT2D eigenvalue weighted by atomic mass is 10.2. The van der Waals surface area contributed by atoms with Crippen molar-refractivity contribution in [1.82, 2.24) is 14.8 Å². The van der Waals surface area contributed by atoms with Crippen LogP contribution in [-0.4, -0.2) is 21.4 Å². The minimum atomic E-state index is -0.473. The molecule has 1 N–H and O–H groups in total. The largest absolute Gasteiger partial charge is 0.329 e. The molecule has 3 amide bonds. The van der Waals surface area contributed by atoms with E-state index in [-0.39, 0.29) is 18.1 Å². The van der Waals surface area contributed by atoms with Crippen LogP contribution in [0.25, 0.3) is 11.8 Å². The number of para-hydroxylation sites is 1. The Kier molecular flexibility index (Phi) is 4.30. The molecule has 1 fully saturated rings. The molecule has 0 unspecified atom stereocenters. The Hall–Kier alpha value is -3.67. The third-order valence-corrected chi connectivity index (χ3v) is 4.33. The van der Waals surface area contributed by atoms with E-state index in [9.17, 15) is 14.0 Å². The fourth-order valence-corrected chi connectivity index (χ4v) is 3.01. The molecule has 134 valence electrons. The highest BCUT2D eigenvalue weighted by Gasteiger charge is 2.33. The number of nitrogens with zero attached hydrogens (tertiary/aromatic N) is 2. The summed E-state index contributed by atoms with van der Waals surface area (Å²) in [4.78, 5) is 26.0. The van der Waals surface area contributed by atoms with E-state index < -0.39 is 11.9 Å². The first-order valence-electron chi connectivity index (χ1n) is 8.44. The molecule has 0 bridgehead atoms. The highest BCUT2D eigenvalue weighted by atomic mass is 19.1. The Morgan fingerprint density at radius 1 is 0.926 bits per heavy atom. The van der Waals surface area contributed by atoms with Gasteiger partial charge in [-0.2, -0.15) is 0 Å². The summed E-state index contributed by atoms with van der Waals surface area (Å²) in [5, 5.41) is 2.60. The molecule has 0 atom stereocenters. The smallest absolute Gasteiger partial charge is 0.314 e. The molecule has 4 rings (SSSR count). The normalized spacial score (nSPS) is 15.4. The molecule has 1 saturated heterocycles. The van der Waals surface area contributed by atoms with E-state index in [1.54, 1.807) is 47.2 Å². The van der Waals surface area contributed by atoms with Crippen LogP contribution < -0.4 is 5.32 Å². The molecule has 1 aliphatic rings. The average Bonchev–Trinajstić information content (AvgIpc) is 3.23. The highest BCUT2D eigenvalue weighted by molar-refractivity contribution is 6.13. The second kappa shape index (κ2) is 6.92. The zero-order valence-corrected chi connectivity index (χ0v) is 14.3. The first-order valence-corrected chi connectivity index (χ1v) is 8.44. The molecule has 0 radical (unpaired) electrons. The molecule has 5 nitrogen and oxygen atoms in total. The number of carbonyl (C=O) groups is 2. The van der Waals surface area contributed by atoms with Crippen molar-refractivity contribution in [3.63, 3.8) is 0 Å². The van der Waals surface area contributed by atoms with E-state index >= 15 is 0 Å². The van der Waals surface area contributed by atoms with Gasteiger partial charge in [0.05, 0.1) is 12.2 Å². The Bertz CT molecular complexity index is 1040. The van der Waals surface area contributed by atoms with Crippen LogP contribution in [0.2, 0.25) is 0 Å². The lowest BCUT2D eigenvalue weighted by Crippen LogP contribution is -2.30. The van der Waals surface area contributed by atoms with Crippen LogP contribution in [0.1, 0.15) is 11.3 Å². The van der Waals surface area contributed by atoms with Crippen LogP contribution in [0.4, 0.5) is 9.18 Å². The third kappa shape index (κ3) is 3.25. The molecule has 27 heavy (non-hydrogen) atoms. The van der Waals surface area contributed by atoms with Crippen LogP contribution >= 0.6 is 0 Å². The first-order chi connectivity index (χ1) is 13.1. The predicted molar refractivity (Wildman–Crippen MR) is 99.2 cm³/mol. The SMILES string of the molecule is O=C1N/C(=C/c2cccn2-c2ccccc2F)C(=O)N1Cc1ccccc1. The summed E-state index contributed by atoms with van der Waals surface area (Å²) in [5.74, 6) is -0.786. The Morgan fingerprint density at radius 3 is 2.44 bits per heavy atom. The van der Waals surface area contributed by atoms with Crippen LogP contribution in [-0.2, 0) is 11.3 Å². The number of hydrogen-bond donors (Lipinski definition) is 1. The van der Waals surface area contributed by atoms with Gasteiger partial charge in [0.15, 0.2) is 0 Å². The maximum absolute atomic E-state index is 14.1. The second-order valence-corrected chi connectivity index (χ2v) is 6.12. The van der Waals surface area contributed by atoms with Gasteiger partial charge >= 0.3 is 6.03 Å². The van der Waals surface area contributed by atoms with Gasteiger partial charge in [0.25, 0.3) is 5.91 Å². The summed E-state index contributed by atoms with van der Waals surface area (Å²) >= 11 is 0.